The monoisotopic (exact) mass is 429 g/mol. The highest BCUT2D eigenvalue weighted by molar-refractivity contribution is 8.19. The van der Waals surface area contributed by atoms with Crippen LogP contribution in [0.5, 0.6) is 0 Å². The lowest BCUT2D eigenvalue weighted by Gasteiger charge is -2.14. The van der Waals surface area contributed by atoms with Gasteiger partial charge in [-0.1, -0.05) is 30.3 Å². The molecule has 0 unspecified atom stereocenters. The van der Waals surface area contributed by atoms with Crippen LogP contribution in [0.2, 0.25) is 0 Å². The lowest BCUT2D eigenvalue weighted by Crippen LogP contribution is -2.28. The van der Waals surface area contributed by atoms with E-state index in [2.05, 4.69) is 0 Å². The Morgan fingerprint density at radius 2 is 1.77 bits per heavy atom. The van der Waals surface area contributed by atoms with Gasteiger partial charge in [-0.25, -0.2) is 4.90 Å². The molecule has 4 nitrogen and oxygen atoms in total. The number of furan rings is 1. The number of alkyl halides is 3. The van der Waals surface area contributed by atoms with E-state index in [1.54, 1.807) is 25.1 Å². The number of hydrogen-bond donors (Lipinski definition) is 0. The van der Waals surface area contributed by atoms with Gasteiger partial charge in [-0.3, -0.25) is 9.59 Å². The smallest absolute Gasteiger partial charge is 0.416 e. The van der Waals surface area contributed by atoms with E-state index in [-0.39, 0.29) is 22.0 Å². The average Bonchev–Trinajstić information content (AvgIpc) is 3.27. The summed E-state index contributed by atoms with van der Waals surface area (Å²) >= 11 is 0.781. The van der Waals surface area contributed by atoms with Crippen LogP contribution in [0.15, 0.2) is 70.0 Å². The third-order valence-corrected chi connectivity index (χ3v) is 5.39. The minimum absolute atomic E-state index is 0.174. The van der Waals surface area contributed by atoms with E-state index < -0.39 is 22.9 Å². The van der Waals surface area contributed by atoms with Gasteiger partial charge in [0.2, 0.25) is 0 Å². The molecule has 0 atom stereocenters. The Kier molecular flexibility index (Phi) is 5.03. The van der Waals surface area contributed by atoms with Crippen molar-refractivity contribution >= 4 is 34.7 Å². The number of rotatable bonds is 3. The Labute approximate surface area is 174 Å². The van der Waals surface area contributed by atoms with Crippen LogP contribution in [-0.2, 0) is 11.0 Å². The van der Waals surface area contributed by atoms with Crippen molar-refractivity contribution in [2.24, 2.45) is 0 Å². The van der Waals surface area contributed by atoms with Gasteiger partial charge in [0.05, 0.1) is 16.2 Å². The van der Waals surface area contributed by atoms with Gasteiger partial charge in [0.25, 0.3) is 11.1 Å². The molecule has 1 aliphatic heterocycles. The summed E-state index contributed by atoms with van der Waals surface area (Å²) in [5.74, 6) is 0.0134. The zero-order valence-electron chi connectivity index (χ0n) is 15.6. The van der Waals surface area contributed by atoms with Crippen LogP contribution in [0.1, 0.15) is 16.9 Å². The summed E-state index contributed by atoms with van der Waals surface area (Å²) in [6.07, 6.45) is -3.04. The van der Waals surface area contributed by atoms with E-state index in [0.29, 0.717) is 5.69 Å². The number of imide groups is 1. The number of thioether (sulfide) groups is 1. The maximum Gasteiger partial charge on any atom is 0.416 e. The van der Waals surface area contributed by atoms with Gasteiger partial charge in [0.15, 0.2) is 0 Å². The topological polar surface area (TPSA) is 50.5 Å². The Balaban J connectivity index is 1.62. The summed E-state index contributed by atoms with van der Waals surface area (Å²) in [7, 11) is 0. The maximum absolute atomic E-state index is 12.9. The third-order valence-electron chi connectivity index (χ3n) is 4.52. The molecule has 2 amide bonds. The molecule has 1 saturated heterocycles. The first-order valence-corrected chi connectivity index (χ1v) is 9.67. The molecule has 1 aliphatic rings. The highest BCUT2D eigenvalue weighted by atomic mass is 32.2. The number of benzene rings is 2. The molecule has 4 rings (SSSR count). The van der Waals surface area contributed by atoms with E-state index in [1.807, 2.05) is 6.07 Å². The fraction of sp³-hybridized carbons (Fsp3) is 0.0909. The molecule has 1 fully saturated rings. The molecule has 2 heterocycles. The zero-order chi connectivity index (χ0) is 21.5. The van der Waals surface area contributed by atoms with Gasteiger partial charge >= 0.3 is 6.18 Å². The second kappa shape index (κ2) is 7.53. The largest absolute Gasteiger partial charge is 0.457 e. The number of amides is 2. The van der Waals surface area contributed by atoms with Crippen molar-refractivity contribution in [2.45, 2.75) is 13.1 Å². The van der Waals surface area contributed by atoms with Crippen LogP contribution in [0.4, 0.5) is 23.7 Å². The molecule has 0 N–H and O–H groups in total. The second-order valence-electron chi connectivity index (χ2n) is 6.58. The second-order valence-corrected chi connectivity index (χ2v) is 7.58. The molecule has 2 aromatic carbocycles. The average molecular weight is 429 g/mol. The predicted octanol–water partition coefficient (Wildman–Crippen LogP) is 6.51. The fourth-order valence-electron chi connectivity index (χ4n) is 3.05. The molecule has 3 aromatic rings. The van der Waals surface area contributed by atoms with E-state index in [0.717, 1.165) is 34.4 Å². The molecule has 0 bridgehead atoms. The van der Waals surface area contributed by atoms with E-state index in [1.165, 1.54) is 30.3 Å². The summed E-state index contributed by atoms with van der Waals surface area (Å²) in [6.45, 7) is 1.80. The lowest BCUT2D eigenvalue weighted by molar-refractivity contribution is -0.137. The first-order valence-electron chi connectivity index (χ1n) is 8.85. The van der Waals surface area contributed by atoms with Crippen LogP contribution >= 0.6 is 11.8 Å². The molecule has 0 saturated carbocycles. The molecule has 0 aliphatic carbocycles. The lowest BCUT2D eigenvalue weighted by atomic mass is 10.1. The van der Waals surface area contributed by atoms with Crippen molar-refractivity contribution in [1.29, 1.82) is 0 Å². The summed E-state index contributed by atoms with van der Waals surface area (Å²) in [6, 6.07) is 14.9. The normalized spacial score (nSPS) is 16.0. The van der Waals surface area contributed by atoms with Gasteiger partial charge in [-0.15, -0.1) is 0 Å². The number of carbonyl (C=O) groups excluding carboxylic acids is 2. The van der Waals surface area contributed by atoms with Crippen LogP contribution in [-0.4, -0.2) is 11.1 Å². The Bertz CT molecular complexity index is 1180. The van der Waals surface area contributed by atoms with Crippen LogP contribution < -0.4 is 4.90 Å². The predicted molar refractivity (Wildman–Crippen MR) is 109 cm³/mol. The number of carbonyl (C=O) groups is 2. The minimum atomic E-state index is -4.46. The highest BCUT2D eigenvalue weighted by Crippen LogP contribution is 2.38. The Morgan fingerprint density at radius 1 is 1.00 bits per heavy atom. The summed E-state index contributed by atoms with van der Waals surface area (Å²) in [5.41, 5.74) is 0.771. The van der Waals surface area contributed by atoms with Crippen molar-refractivity contribution in [1.82, 2.24) is 0 Å². The zero-order valence-corrected chi connectivity index (χ0v) is 16.4. The molecular weight excluding hydrogens is 415 g/mol. The fourth-order valence-corrected chi connectivity index (χ4v) is 3.87. The molecule has 1 aromatic heterocycles. The highest BCUT2D eigenvalue weighted by Gasteiger charge is 2.37. The van der Waals surface area contributed by atoms with Crippen molar-refractivity contribution in [3.63, 3.8) is 0 Å². The number of para-hydroxylation sites is 1. The van der Waals surface area contributed by atoms with E-state index in [9.17, 15) is 22.8 Å². The van der Waals surface area contributed by atoms with Crippen molar-refractivity contribution in [3.8, 4) is 11.3 Å². The van der Waals surface area contributed by atoms with Gasteiger partial charge in [0, 0.05) is 11.6 Å². The van der Waals surface area contributed by atoms with E-state index >= 15 is 0 Å². The molecule has 152 valence electrons. The number of nitrogens with zero attached hydrogens (tertiary/aromatic N) is 1. The molecule has 30 heavy (non-hydrogen) atoms. The van der Waals surface area contributed by atoms with Gasteiger partial charge in [-0.2, -0.15) is 13.2 Å². The van der Waals surface area contributed by atoms with Gasteiger partial charge in [-0.05, 0) is 54.6 Å². The quantitative estimate of drug-likeness (QED) is 0.445. The number of aryl methyl sites for hydroxylation is 1. The number of anilines is 1. The van der Waals surface area contributed by atoms with Crippen LogP contribution in [0.25, 0.3) is 17.4 Å². The minimum Gasteiger partial charge on any atom is -0.457 e. The van der Waals surface area contributed by atoms with Gasteiger partial charge < -0.3 is 4.42 Å². The number of hydrogen-bond acceptors (Lipinski definition) is 4. The summed E-state index contributed by atoms with van der Waals surface area (Å²) in [4.78, 5) is 26.4. The Hall–Kier alpha value is -3.26. The molecule has 0 spiro atoms. The third kappa shape index (κ3) is 3.78. The Morgan fingerprint density at radius 3 is 2.50 bits per heavy atom. The van der Waals surface area contributed by atoms with Crippen molar-refractivity contribution in [2.75, 3.05) is 4.90 Å². The van der Waals surface area contributed by atoms with Gasteiger partial charge in [0.1, 0.15) is 11.5 Å². The summed E-state index contributed by atoms with van der Waals surface area (Å²) in [5, 5.41) is -0.426. The molecular formula is C22H14F3NO3S. The van der Waals surface area contributed by atoms with E-state index in [4.69, 9.17) is 4.42 Å². The maximum atomic E-state index is 12.9. The standard InChI is InChI=1S/C22H14F3NO3S/c1-13-5-2-3-8-17(13)26-20(27)19(30-21(26)28)12-16-9-10-18(29-16)14-6-4-7-15(11-14)22(23,24)25/h2-12H,1H3/b19-12-. The molecule has 8 heteroatoms. The summed E-state index contributed by atoms with van der Waals surface area (Å²) < 4.78 is 44.4. The first kappa shape index (κ1) is 20.0. The van der Waals surface area contributed by atoms with Crippen molar-refractivity contribution in [3.05, 3.63) is 82.5 Å². The van der Waals surface area contributed by atoms with Crippen molar-refractivity contribution < 1.29 is 27.2 Å². The van der Waals surface area contributed by atoms with Crippen LogP contribution in [0.3, 0.4) is 0 Å². The SMILES string of the molecule is Cc1ccccc1N1C(=O)S/C(=C\c2ccc(-c3cccc(C(F)(F)F)c3)o2)C1=O. The van der Waals surface area contributed by atoms with Crippen LogP contribution in [0, 0.1) is 6.92 Å². The molecule has 0 radical (unpaired) electrons. The first-order chi connectivity index (χ1) is 14.2. The number of halogens is 3.